The summed E-state index contributed by atoms with van der Waals surface area (Å²) in [5.41, 5.74) is -0.172. The molecule has 6 amide bonds. The molecule has 54 heavy (non-hydrogen) atoms. The fourth-order valence-corrected chi connectivity index (χ4v) is 9.69. The van der Waals surface area contributed by atoms with Gasteiger partial charge in [-0.15, -0.1) is 23.5 Å². The van der Waals surface area contributed by atoms with Crippen LogP contribution in [0.1, 0.15) is 78.3 Å². The zero-order valence-corrected chi connectivity index (χ0v) is 34.0. The quantitative estimate of drug-likeness (QED) is 0.193. The summed E-state index contributed by atoms with van der Waals surface area (Å²) in [6.07, 6.45) is 2.55. The maximum absolute atomic E-state index is 14.4. The maximum atomic E-state index is 14.4. The van der Waals surface area contributed by atoms with E-state index in [-0.39, 0.29) is 37.3 Å². The highest BCUT2D eigenvalue weighted by Crippen LogP contribution is 2.50. The van der Waals surface area contributed by atoms with Crippen molar-refractivity contribution in [1.29, 1.82) is 0 Å². The van der Waals surface area contributed by atoms with E-state index in [9.17, 15) is 33.6 Å². The number of alkyl carbamates (subject to hydrolysis) is 1. The zero-order chi connectivity index (χ0) is 39.8. The Morgan fingerprint density at radius 2 is 1.61 bits per heavy atom. The SMILES string of the molecule is CC(C)COC(=O)N[C@H](C(=O)N1CC2(CC1C(=O)NC(CC1CC1)C(=O)C(=O)NCC(=O)N[C@H](C(=O)N(C)C)c1ccccc1)SCCCS2)C(C)(C)C. The molecular weight excluding hydrogens is 733 g/mol. The molecule has 1 saturated carbocycles. The topological polar surface area (TPSA) is 183 Å². The van der Waals surface area contributed by atoms with Crippen LogP contribution in [-0.2, 0) is 33.5 Å². The second-order valence-electron chi connectivity index (χ2n) is 16.0. The van der Waals surface area contributed by atoms with Crippen molar-refractivity contribution in [1.82, 2.24) is 31.1 Å². The van der Waals surface area contributed by atoms with Crippen LogP contribution in [-0.4, -0.2) is 119 Å². The van der Waals surface area contributed by atoms with Gasteiger partial charge in [-0.1, -0.05) is 77.8 Å². The van der Waals surface area contributed by atoms with Crippen molar-refractivity contribution in [3.8, 4) is 0 Å². The fraction of sp³-hybridized carbons (Fsp3) is 0.658. The van der Waals surface area contributed by atoms with Gasteiger partial charge in [0.1, 0.15) is 18.1 Å². The second kappa shape index (κ2) is 18.7. The van der Waals surface area contributed by atoms with E-state index in [1.54, 1.807) is 68.0 Å². The average Bonchev–Trinajstić information content (AvgIpc) is 3.88. The number of hydrogen-bond acceptors (Lipinski definition) is 10. The second-order valence-corrected chi connectivity index (χ2v) is 19.2. The fourth-order valence-electron chi connectivity index (χ4n) is 6.34. The van der Waals surface area contributed by atoms with Gasteiger partial charge in [0.25, 0.3) is 5.91 Å². The molecule has 2 heterocycles. The molecule has 1 aromatic carbocycles. The van der Waals surface area contributed by atoms with Crippen LogP contribution in [0, 0.1) is 17.3 Å². The number of benzene rings is 1. The molecule has 298 valence electrons. The van der Waals surface area contributed by atoms with E-state index in [1.807, 2.05) is 34.6 Å². The first kappa shape index (κ1) is 42.9. The Morgan fingerprint density at radius 1 is 0.963 bits per heavy atom. The van der Waals surface area contributed by atoms with Crippen molar-refractivity contribution >= 4 is 64.9 Å². The number of nitrogens with one attached hydrogen (secondary N) is 4. The van der Waals surface area contributed by atoms with E-state index in [0.29, 0.717) is 12.0 Å². The highest BCUT2D eigenvalue weighted by Gasteiger charge is 2.53. The number of rotatable bonds is 15. The van der Waals surface area contributed by atoms with E-state index in [0.717, 1.165) is 30.8 Å². The standard InChI is InChI=1S/C38H56N6O8S2/c1-23(2)21-52-36(51)42-31(37(3,4)5)35(50)44-22-38(53-16-11-17-54-38)19-27(44)32(47)40-26(18-24-14-15-24)30(46)33(48)39-20-28(45)41-29(34(49)43(6)7)25-12-9-8-10-13-25/h8-10,12-13,23-24,26-27,29,31H,11,14-22H2,1-7H3,(H,39,48)(H,40,47)(H,41,45)(H,42,51)/t26?,27?,29-,31+/m0/s1. The summed E-state index contributed by atoms with van der Waals surface area (Å²) in [5.74, 6) is -1.99. The maximum Gasteiger partial charge on any atom is 0.407 e. The Bertz CT molecular complexity index is 1540. The minimum absolute atomic E-state index is 0.0997. The van der Waals surface area contributed by atoms with Gasteiger partial charge in [0.05, 0.1) is 23.3 Å². The average molecular weight is 789 g/mol. The van der Waals surface area contributed by atoms with Crippen LogP contribution < -0.4 is 21.3 Å². The van der Waals surface area contributed by atoms with E-state index >= 15 is 0 Å². The van der Waals surface area contributed by atoms with E-state index < -0.39 is 75.7 Å². The molecule has 4 N–H and O–H groups in total. The smallest absolute Gasteiger partial charge is 0.407 e. The summed E-state index contributed by atoms with van der Waals surface area (Å²) < 4.78 is 4.90. The van der Waals surface area contributed by atoms with Gasteiger partial charge in [-0.25, -0.2) is 4.79 Å². The number of ether oxygens (including phenoxy) is 1. The highest BCUT2D eigenvalue weighted by molar-refractivity contribution is 8.18. The van der Waals surface area contributed by atoms with Crippen molar-refractivity contribution in [2.75, 3.05) is 45.3 Å². The molecule has 3 aliphatic rings. The molecule has 16 heteroatoms. The van der Waals surface area contributed by atoms with Crippen molar-refractivity contribution < 1.29 is 38.3 Å². The lowest BCUT2D eigenvalue weighted by Gasteiger charge is -2.36. The molecule has 0 aromatic heterocycles. The number of carbonyl (C=O) groups is 7. The molecule has 4 rings (SSSR count). The van der Waals surface area contributed by atoms with Crippen molar-refractivity contribution in [3.05, 3.63) is 35.9 Å². The van der Waals surface area contributed by atoms with Gasteiger partial charge < -0.3 is 35.8 Å². The molecular formula is C38H56N6O8S2. The van der Waals surface area contributed by atoms with Gasteiger partial charge in [-0.2, -0.15) is 0 Å². The first-order valence-electron chi connectivity index (χ1n) is 18.6. The number of nitrogens with zero attached hydrogens (tertiary/aromatic N) is 2. The summed E-state index contributed by atoms with van der Waals surface area (Å²) in [4.78, 5) is 96.9. The minimum atomic E-state index is -1.18. The first-order chi connectivity index (χ1) is 25.4. The summed E-state index contributed by atoms with van der Waals surface area (Å²) in [5, 5.41) is 10.6. The summed E-state index contributed by atoms with van der Waals surface area (Å²) in [6.45, 7) is 9.18. The molecule has 14 nitrogen and oxygen atoms in total. The van der Waals surface area contributed by atoms with Crippen LogP contribution in [0.5, 0.6) is 0 Å². The van der Waals surface area contributed by atoms with Gasteiger partial charge >= 0.3 is 6.09 Å². The predicted octanol–water partition coefficient (Wildman–Crippen LogP) is 2.87. The molecule has 1 aliphatic carbocycles. The number of thioether (sulfide) groups is 2. The third-order valence-corrected chi connectivity index (χ3v) is 12.8. The minimum Gasteiger partial charge on any atom is -0.449 e. The van der Waals surface area contributed by atoms with Crippen LogP contribution in [0.2, 0.25) is 0 Å². The molecule has 1 aromatic rings. The molecule has 4 atom stereocenters. The van der Waals surface area contributed by atoms with Gasteiger partial charge in [0.2, 0.25) is 29.4 Å². The Labute approximate surface area is 326 Å². The molecule has 0 radical (unpaired) electrons. The molecule has 2 unspecified atom stereocenters. The number of likely N-dealkylation sites (tertiary alicyclic amines) is 1. The van der Waals surface area contributed by atoms with Crippen molar-refractivity contribution in [3.63, 3.8) is 0 Å². The van der Waals surface area contributed by atoms with Gasteiger partial charge in [0.15, 0.2) is 0 Å². The summed E-state index contributed by atoms with van der Waals surface area (Å²) in [7, 11) is 3.13. The molecule has 2 aliphatic heterocycles. The van der Waals surface area contributed by atoms with Gasteiger partial charge in [-0.3, -0.25) is 28.8 Å². The Morgan fingerprint density at radius 3 is 2.19 bits per heavy atom. The molecule has 0 bridgehead atoms. The van der Waals surface area contributed by atoms with Crippen LogP contribution >= 0.6 is 23.5 Å². The largest absolute Gasteiger partial charge is 0.449 e. The van der Waals surface area contributed by atoms with Gasteiger partial charge in [0, 0.05) is 27.1 Å². The van der Waals surface area contributed by atoms with Crippen LogP contribution in [0.15, 0.2) is 30.3 Å². The van der Waals surface area contributed by atoms with Crippen molar-refractivity contribution in [2.45, 2.75) is 95.0 Å². The normalized spacial score (nSPS) is 19.6. The molecule has 3 fully saturated rings. The van der Waals surface area contributed by atoms with E-state index in [4.69, 9.17) is 4.74 Å². The van der Waals surface area contributed by atoms with Crippen LogP contribution in [0.3, 0.4) is 0 Å². The number of Topliss-reactive ketones (excluding diaryl/α,β-unsaturated/α-hetero) is 1. The lowest BCUT2D eigenvalue weighted by Crippen LogP contribution is -2.59. The number of hydrogen-bond donors (Lipinski definition) is 4. The Balaban J connectivity index is 1.48. The van der Waals surface area contributed by atoms with Crippen molar-refractivity contribution in [2.24, 2.45) is 17.3 Å². The number of amides is 6. The third kappa shape index (κ3) is 11.9. The summed E-state index contributed by atoms with van der Waals surface area (Å²) >= 11 is 3.42. The van der Waals surface area contributed by atoms with Crippen LogP contribution in [0.25, 0.3) is 0 Å². The van der Waals surface area contributed by atoms with Crippen LogP contribution in [0.4, 0.5) is 4.79 Å². The highest BCUT2D eigenvalue weighted by atomic mass is 32.2. The predicted molar refractivity (Wildman–Crippen MR) is 208 cm³/mol. The number of carbonyl (C=O) groups excluding carboxylic acids is 7. The molecule has 2 saturated heterocycles. The van der Waals surface area contributed by atoms with E-state index in [2.05, 4.69) is 21.3 Å². The number of ketones is 1. The first-order valence-corrected chi connectivity index (χ1v) is 20.6. The molecule has 1 spiro atoms. The number of likely N-dealkylation sites (N-methyl/N-ethyl adjacent to an activating group) is 1. The lowest BCUT2D eigenvalue weighted by atomic mass is 9.85. The lowest BCUT2D eigenvalue weighted by molar-refractivity contribution is -0.144. The summed E-state index contributed by atoms with van der Waals surface area (Å²) in [6, 6.07) is 4.53. The monoisotopic (exact) mass is 788 g/mol. The third-order valence-electron chi connectivity index (χ3n) is 9.48. The van der Waals surface area contributed by atoms with E-state index in [1.165, 1.54) is 9.80 Å². The Kier molecular flexibility index (Phi) is 14.9. The van der Waals surface area contributed by atoms with Gasteiger partial charge in [-0.05, 0) is 47.2 Å². The Hall–Kier alpha value is -3.79. The zero-order valence-electron chi connectivity index (χ0n) is 32.4.